The fraction of sp³-hybridized carbons (Fsp3) is 0.233. The van der Waals surface area contributed by atoms with Crippen LogP contribution in [0.2, 0.25) is 0 Å². The highest BCUT2D eigenvalue weighted by atomic mass is 16.5. The Labute approximate surface area is 216 Å². The normalized spacial score (nSPS) is 19.2. The number of pyridine rings is 1. The summed E-state index contributed by atoms with van der Waals surface area (Å²) in [6.45, 7) is 1.88. The van der Waals surface area contributed by atoms with Crippen LogP contribution in [0.3, 0.4) is 0 Å². The summed E-state index contributed by atoms with van der Waals surface area (Å²) in [5.41, 5.74) is 5.12. The maximum atomic E-state index is 13.8. The molecule has 2 heterocycles. The van der Waals surface area contributed by atoms with Gasteiger partial charge in [0.05, 0.1) is 32.0 Å². The van der Waals surface area contributed by atoms with Gasteiger partial charge in [-0.3, -0.25) is 14.6 Å². The second kappa shape index (κ2) is 10.3. The molecule has 7 nitrogen and oxygen atoms in total. The smallest absolute Gasteiger partial charge is 0.254 e. The van der Waals surface area contributed by atoms with Gasteiger partial charge in [-0.1, -0.05) is 30.3 Å². The highest BCUT2D eigenvalue weighted by molar-refractivity contribution is 6.10. The number of dihydropyridines is 1. The summed E-state index contributed by atoms with van der Waals surface area (Å²) in [7, 11) is 3.24. The molecular formula is C30H29N3O4. The number of carbonyl (C=O) groups is 2. The molecule has 0 saturated heterocycles. The van der Waals surface area contributed by atoms with Crippen LogP contribution < -0.4 is 20.1 Å². The summed E-state index contributed by atoms with van der Waals surface area (Å²) in [4.78, 5) is 31.6. The third-order valence-corrected chi connectivity index (χ3v) is 7.03. The van der Waals surface area contributed by atoms with E-state index < -0.39 is 5.92 Å². The van der Waals surface area contributed by atoms with Crippen molar-refractivity contribution < 1.29 is 19.1 Å². The molecule has 7 heteroatoms. The lowest BCUT2D eigenvalue weighted by Gasteiger charge is -2.37. The van der Waals surface area contributed by atoms with Crippen molar-refractivity contribution in [3.63, 3.8) is 0 Å². The molecule has 37 heavy (non-hydrogen) atoms. The van der Waals surface area contributed by atoms with Gasteiger partial charge in [0, 0.05) is 40.7 Å². The molecule has 2 N–H and O–H groups in total. The van der Waals surface area contributed by atoms with Gasteiger partial charge in [-0.05, 0) is 55.2 Å². The van der Waals surface area contributed by atoms with Gasteiger partial charge in [-0.15, -0.1) is 0 Å². The van der Waals surface area contributed by atoms with Crippen LogP contribution in [0.5, 0.6) is 11.5 Å². The van der Waals surface area contributed by atoms with Gasteiger partial charge >= 0.3 is 0 Å². The molecule has 0 saturated carbocycles. The average Bonchev–Trinajstić information content (AvgIpc) is 2.92. The third-order valence-electron chi connectivity index (χ3n) is 7.03. The number of methoxy groups -OCH3 is 2. The van der Waals surface area contributed by atoms with E-state index in [1.807, 2.05) is 55.5 Å². The summed E-state index contributed by atoms with van der Waals surface area (Å²) in [5, 5.41) is 6.37. The topological polar surface area (TPSA) is 89.5 Å². The highest BCUT2D eigenvalue weighted by Crippen LogP contribution is 2.47. The van der Waals surface area contributed by atoms with Crippen molar-refractivity contribution >= 4 is 17.4 Å². The van der Waals surface area contributed by atoms with Gasteiger partial charge in [0.15, 0.2) is 5.78 Å². The van der Waals surface area contributed by atoms with Crippen LogP contribution in [0.4, 0.5) is 5.69 Å². The predicted molar refractivity (Wildman–Crippen MR) is 141 cm³/mol. The number of Topliss-reactive ketones (excluding diaryl/α,β-unsaturated/α-hetero) is 1. The molecule has 3 aromatic rings. The largest absolute Gasteiger partial charge is 0.497 e. The quantitative estimate of drug-likeness (QED) is 0.495. The zero-order valence-corrected chi connectivity index (χ0v) is 21.1. The summed E-state index contributed by atoms with van der Waals surface area (Å²) in [6, 6.07) is 19.0. The van der Waals surface area contributed by atoms with Crippen LogP contribution >= 0.6 is 0 Å². The first kappa shape index (κ1) is 24.3. The van der Waals surface area contributed by atoms with Crippen LogP contribution in [0.25, 0.3) is 0 Å². The van der Waals surface area contributed by atoms with Crippen LogP contribution in [0.15, 0.2) is 95.6 Å². The Bertz CT molecular complexity index is 1390. The first-order chi connectivity index (χ1) is 18.0. The lowest BCUT2D eigenvalue weighted by Crippen LogP contribution is -2.37. The first-order valence-corrected chi connectivity index (χ1v) is 12.2. The number of hydrogen-bond donors (Lipinski definition) is 2. The van der Waals surface area contributed by atoms with E-state index in [1.54, 1.807) is 38.7 Å². The van der Waals surface area contributed by atoms with E-state index in [0.717, 1.165) is 22.6 Å². The maximum absolute atomic E-state index is 13.8. The van der Waals surface area contributed by atoms with Crippen molar-refractivity contribution in [2.45, 2.75) is 31.6 Å². The molecule has 188 valence electrons. The molecule has 2 unspecified atom stereocenters. The number of nitrogens with one attached hydrogen (secondary N) is 2. The second-order valence-corrected chi connectivity index (χ2v) is 9.23. The van der Waals surface area contributed by atoms with E-state index in [1.165, 1.54) is 0 Å². The Morgan fingerprint density at radius 1 is 1.00 bits per heavy atom. The minimum absolute atomic E-state index is 0.0182. The van der Waals surface area contributed by atoms with E-state index in [4.69, 9.17) is 9.47 Å². The molecule has 0 fully saturated rings. The molecule has 0 bridgehead atoms. The Balaban J connectivity index is 1.57. The van der Waals surface area contributed by atoms with E-state index in [9.17, 15) is 9.59 Å². The average molecular weight is 496 g/mol. The predicted octanol–water partition coefficient (Wildman–Crippen LogP) is 5.10. The highest BCUT2D eigenvalue weighted by Gasteiger charge is 2.41. The number of rotatable bonds is 6. The van der Waals surface area contributed by atoms with E-state index in [0.29, 0.717) is 41.1 Å². The lowest BCUT2D eigenvalue weighted by atomic mass is 9.71. The summed E-state index contributed by atoms with van der Waals surface area (Å²) in [5.74, 6) is 0.608. The number of carbonyl (C=O) groups excluding carboxylic acids is 2. The van der Waals surface area contributed by atoms with Crippen molar-refractivity contribution in [3.8, 4) is 11.5 Å². The van der Waals surface area contributed by atoms with E-state index >= 15 is 0 Å². The molecule has 0 radical (unpaired) electrons. The fourth-order valence-corrected chi connectivity index (χ4v) is 5.30. The summed E-state index contributed by atoms with van der Waals surface area (Å²) < 4.78 is 11.0. The van der Waals surface area contributed by atoms with Crippen molar-refractivity contribution in [3.05, 3.63) is 107 Å². The van der Waals surface area contributed by atoms with Crippen LogP contribution in [-0.2, 0) is 9.59 Å². The third kappa shape index (κ3) is 4.72. The minimum atomic E-state index is -0.562. The SMILES string of the molecule is COc1ccc(C2CC(=O)C3=C(C2)NC(C)=C(C(=O)Nc2cccnc2)C3c2ccccc2OC)cc1. The number of amides is 1. The molecular weight excluding hydrogens is 466 g/mol. The van der Waals surface area contributed by atoms with Gasteiger partial charge in [0.1, 0.15) is 11.5 Å². The number of nitrogens with zero attached hydrogens (tertiary/aromatic N) is 1. The molecule has 1 aromatic heterocycles. The molecule has 2 aromatic carbocycles. The second-order valence-electron chi connectivity index (χ2n) is 9.23. The van der Waals surface area contributed by atoms with Gasteiger partial charge in [-0.2, -0.15) is 0 Å². The summed E-state index contributed by atoms with van der Waals surface area (Å²) in [6.07, 6.45) is 4.26. The van der Waals surface area contributed by atoms with Gasteiger partial charge < -0.3 is 20.1 Å². The number of hydrogen-bond acceptors (Lipinski definition) is 6. The van der Waals surface area contributed by atoms with E-state index in [-0.39, 0.29) is 17.6 Å². The molecule has 2 aliphatic rings. The minimum Gasteiger partial charge on any atom is -0.497 e. The standard InChI is InChI=1S/C30H29N3O4/c1-18-27(30(35)33-21-7-6-14-31-17-21)28(23-8-4-5-9-26(23)37-3)29-24(32-18)15-20(16-25(29)34)19-10-12-22(36-2)13-11-19/h4-14,17,20,28,32H,15-16H2,1-3H3,(H,33,35). The molecule has 1 amide bonds. The van der Waals surface area contributed by atoms with Crippen LogP contribution in [0, 0.1) is 0 Å². The number of aromatic nitrogens is 1. The summed E-state index contributed by atoms with van der Waals surface area (Å²) >= 11 is 0. The Hall–Kier alpha value is -4.39. The van der Waals surface area contributed by atoms with Gasteiger partial charge in [-0.25, -0.2) is 0 Å². The number of para-hydroxylation sites is 1. The van der Waals surface area contributed by atoms with Crippen molar-refractivity contribution in [2.24, 2.45) is 0 Å². The Morgan fingerprint density at radius 2 is 1.78 bits per heavy atom. The van der Waals surface area contributed by atoms with Crippen molar-refractivity contribution in [1.82, 2.24) is 10.3 Å². The van der Waals surface area contributed by atoms with Gasteiger partial charge in [0.25, 0.3) is 5.91 Å². The number of anilines is 1. The zero-order valence-electron chi connectivity index (χ0n) is 21.1. The molecule has 1 aliphatic heterocycles. The Kier molecular flexibility index (Phi) is 6.77. The first-order valence-electron chi connectivity index (χ1n) is 12.2. The molecule has 5 rings (SSSR count). The van der Waals surface area contributed by atoms with Crippen molar-refractivity contribution in [2.75, 3.05) is 19.5 Å². The van der Waals surface area contributed by atoms with Crippen LogP contribution in [0.1, 0.15) is 42.7 Å². The number of ketones is 1. The Morgan fingerprint density at radius 3 is 2.49 bits per heavy atom. The van der Waals surface area contributed by atoms with Gasteiger partial charge in [0.2, 0.25) is 0 Å². The maximum Gasteiger partial charge on any atom is 0.254 e. The number of allylic oxidation sites excluding steroid dienone is 3. The number of ether oxygens (including phenoxy) is 2. The zero-order chi connectivity index (χ0) is 25.9. The lowest BCUT2D eigenvalue weighted by molar-refractivity contribution is -0.116. The van der Waals surface area contributed by atoms with E-state index in [2.05, 4.69) is 15.6 Å². The molecule has 0 spiro atoms. The monoisotopic (exact) mass is 495 g/mol. The van der Waals surface area contributed by atoms with Crippen molar-refractivity contribution in [1.29, 1.82) is 0 Å². The molecule has 2 atom stereocenters. The number of benzene rings is 2. The molecule has 1 aliphatic carbocycles. The van der Waals surface area contributed by atoms with Crippen LogP contribution in [-0.4, -0.2) is 30.9 Å². The fourth-order valence-electron chi connectivity index (χ4n) is 5.30.